The third kappa shape index (κ3) is 4.71. The molecule has 1 aromatic carbocycles. The average molecular weight is 318 g/mol. The van der Waals surface area contributed by atoms with E-state index in [-0.39, 0.29) is 11.6 Å². The highest BCUT2D eigenvalue weighted by atomic mass is 16.4. The summed E-state index contributed by atoms with van der Waals surface area (Å²) in [5, 5.41) is 9.55. The Morgan fingerprint density at radius 3 is 2.09 bits per heavy atom. The van der Waals surface area contributed by atoms with Crippen molar-refractivity contribution in [3.8, 4) is 0 Å². The molecule has 0 saturated heterocycles. The molecular formula is C19H30N2O2. The molecule has 0 atom stereocenters. The zero-order valence-corrected chi connectivity index (χ0v) is 14.8. The van der Waals surface area contributed by atoms with Gasteiger partial charge in [0.2, 0.25) is 0 Å². The minimum absolute atomic E-state index is 0.147. The minimum Gasteiger partial charge on any atom is -0.465 e. The molecule has 4 nitrogen and oxygen atoms in total. The summed E-state index contributed by atoms with van der Waals surface area (Å²) in [6.45, 7) is 6.90. The van der Waals surface area contributed by atoms with E-state index < -0.39 is 6.09 Å². The second-order valence-corrected chi connectivity index (χ2v) is 7.69. The van der Waals surface area contributed by atoms with Crippen LogP contribution in [0.2, 0.25) is 0 Å². The van der Waals surface area contributed by atoms with Gasteiger partial charge in [-0.25, -0.2) is 4.79 Å². The number of rotatable bonds is 4. The molecule has 0 bridgehead atoms. The SMILES string of the molecule is CN(Cc1ccccc1)C1CCC(N(C(=O)O)C(C)(C)C)CC1. The molecule has 1 N–H and O–H groups in total. The normalized spacial score (nSPS) is 22.1. The van der Waals surface area contributed by atoms with Crippen molar-refractivity contribution in [3.05, 3.63) is 35.9 Å². The van der Waals surface area contributed by atoms with Gasteiger partial charge in [0, 0.05) is 24.2 Å². The molecule has 0 aromatic heterocycles. The molecule has 0 spiro atoms. The van der Waals surface area contributed by atoms with Crippen molar-refractivity contribution in [1.29, 1.82) is 0 Å². The molecule has 2 rings (SSSR count). The largest absolute Gasteiger partial charge is 0.465 e. The number of carboxylic acid groups (broad SMARTS) is 1. The third-order valence-electron chi connectivity index (χ3n) is 4.86. The minimum atomic E-state index is -0.793. The highest BCUT2D eigenvalue weighted by Crippen LogP contribution is 2.30. The van der Waals surface area contributed by atoms with Crippen LogP contribution in [-0.2, 0) is 6.54 Å². The first-order valence-corrected chi connectivity index (χ1v) is 8.55. The van der Waals surface area contributed by atoms with Crippen LogP contribution < -0.4 is 0 Å². The van der Waals surface area contributed by atoms with E-state index in [0.29, 0.717) is 6.04 Å². The molecule has 0 unspecified atom stereocenters. The Bertz CT molecular complexity index is 502. The van der Waals surface area contributed by atoms with Crippen LogP contribution >= 0.6 is 0 Å². The Kier molecular flexibility index (Phi) is 5.69. The maximum absolute atomic E-state index is 11.6. The van der Waals surface area contributed by atoms with E-state index in [1.807, 2.05) is 26.8 Å². The van der Waals surface area contributed by atoms with Gasteiger partial charge in [0.05, 0.1) is 0 Å². The zero-order chi connectivity index (χ0) is 17.0. The van der Waals surface area contributed by atoms with Gasteiger partial charge in [-0.1, -0.05) is 30.3 Å². The summed E-state index contributed by atoms with van der Waals surface area (Å²) < 4.78 is 0. The molecule has 0 radical (unpaired) electrons. The van der Waals surface area contributed by atoms with E-state index in [9.17, 15) is 9.90 Å². The molecule has 1 aliphatic carbocycles. The maximum Gasteiger partial charge on any atom is 0.407 e. The fourth-order valence-corrected chi connectivity index (χ4v) is 3.75. The van der Waals surface area contributed by atoms with E-state index in [4.69, 9.17) is 0 Å². The summed E-state index contributed by atoms with van der Waals surface area (Å²) in [4.78, 5) is 15.7. The van der Waals surface area contributed by atoms with Crippen molar-refractivity contribution in [2.45, 2.75) is 70.6 Å². The first-order chi connectivity index (χ1) is 10.8. The average Bonchev–Trinajstić information content (AvgIpc) is 2.47. The lowest BCUT2D eigenvalue weighted by molar-refractivity contribution is 0.0431. The van der Waals surface area contributed by atoms with Crippen LogP contribution in [0, 0.1) is 0 Å². The lowest BCUT2D eigenvalue weighted by Gasteiger charge is -2.44. The van der Waals surface area contributed by atoms with Crippen molar-refractivity contribution in [2.24, 2.45) is 0 Å². The monoisotopic (exact) mass is 318 g/mol. The van der Waals surface area contributed by atoms with Crippen molar-refractivity contribution < 1.29 is 9.90 Å². The highest BCUT2D eigenvalue weighted by molar-refractivity contribution is 5.66. The second kappa shape index (κ2) is 7.35. The maximum atomic E-state index is 11.6. The van der Waals surface area contributed by atoms with Gasteiger partial charge in [0.15, 0.2) is 0 Å². The fourth-order valence-electron chi connectivity index (χ4n) is 3.75. The van der Waals surface area contributed by atoms with E-state index in [0.717, 1.165) is 32.2 Å². The summed E-state index contributed by atoms with van der Waals surface area (Å²) in [5.41, 5.74) is 0.998. The highest BCUT2D eigenvalue weighted by Gasteiger charge is 2.36. The Morgan fingerprint density at radius 2 is 1.61 bits per heavy atom. The van der Waals surface area contributed by atoms with Gasteiger partial charge < -0.3 is 10.0 Å². The van der Waals surface area contributed by atoms with E-state index in [1.165, 1.54) is 5.56 Å². The molecule has 1 amide bonds. The zero-order valence-electron chi connectivity index (χ0n) is 14.8. The molecule has 1 aromatic rings. The molecule has 128 valence electrons. The predicted octanol–water partition coefficient (Wildman–Crippen LogP) is 4.21. The predicted molar refractivity (Wildman–Crippen MR) is 93.6 cm³/mol. The number of benzene rings is 1. The van der Waals surface area contributed by atoms with Crippen LogP contribution in [0.1, 0.15) is 52.0 Å². The Balaban J connectivity index is 1.91. The molecular weight excluding hydrogens is 288 g/mol. The summed E-state index contributed by atoms with van der Waals surface area (Å²) in [6, 6.07) is 11.2. The van der Waals surface area contributed by atoms with E-state index in [2.05, 4.69) is 36.2 Å². The molecule has 1 aliphatic rings. The standard InChI is InChI=1S/C19H30N2O2/c1-19(2,3)21(18(22)23)17-12-10-16(11-13-17)20(4)14-15-8-6-5-7-9-15/h5-9,16-17H,10-14H2,1-4H3,(H,22,23). The lowest BCUT2D eigenvalue weighted by atomic mass is 9.87. The molecule has 23 heavy (non-hydrogen) atoms. The van der Waals surface area contributed by atoms with E-state index in [1.54, 1.807) is 4.90 Å². The third-order valence-corrected chi connectivity index (χ3v) is 4.86. The quantitative estimate of drug-likeness (QED) is 0.904. The van der Waals surface area contributed by atoms with Crippen LogP contribution in [-0.4, -0.2) is 45.7 Å². The van der Waals surface area contributed by atoms with Gasteiger partial charge >= 0.3 is 6.09 Å². The lowest BCUT2D eigenvalue weighted by Crippen LogP contribution is -2.53. The second-order valence-electron chi connectivity index (χ2n) is 7.69. The van der Waals surface area contributed by atoms with Gasteiger partial charge in [-0.2, -0.15) is 0 Å². The Labute approximate surface area is 140 Å². The van der Waals surface area contributed by atoms with Crippen LogP contribution in [0.15, 0.2) is 30.3 Å². The number of hydrogen-bond acceptors (Lipinski definition) is 2. The molecule has 1 fully saturated rings. The summed E-state index contributed by atoms with van der Waals surface area (Å²) in [5.74, 6) is 0. The first-order valence-electron chi connectivity index (χ1n) is 8.55. The van der Waals surface area contributed by atoms with Crippen LogP contribution in [0.5, 0.6) is 0 Å². The van der Waals surface area contributed by atoms with Crippen LogP contribution in [0.25, 0.3) is 0 Å². The van der Waals surface area contributed by atoms with Crippen molar-refractivity contribution >= 4 is 6.09 Å². The summed E-state index contributed by atoms with van der Waals surface area (Å²) >= 11 is 0. The number of nitrogens with zero attached hydrogens (tertiary/aromatic N) is 2. The van der Waals surface area contributed by atoms with Crippen LogP contribution in [0.3, 0.4) is 0 Å². The van der Waals surface area contributed by atoms with Gasteiger partial charge in [0.25, 0.3) is 0 Å². The van der Waals surface area contributed by atoms with Crippen molar-refractivity contribution in [1.82, 2.24) is 9.80 Å². The summed E-state index contributed by atoms with van der Waals surface area (Å²) in [7, 11) is 2.18. The number of amides is 1. The topological polar surface area (TPSA) is 43.8 Å². The molecule has 0 heterocycles. The number of carbonyl (C=O) groups is 1. The van der Waals surface area contributed by atoms with Gasteiger partial charge in [-0.05, 0) is 59.1 Å². The Morgan fingerprint density at radius 1 is 1.09 bits per heavy atom. The molecule has 4 heteroatoms. The van der Waals surface area contributed by atoms with E-state index >= 15 is 0 Å². The summed E-state index contributed by atoms with van der Waals surface area (Å²) in [6.07, 6.45) is 3.24. The Hall–Kier alpha value is -1.55. The smallest absolute Gasteiger partial charge is 0.407 e. The van der Waals surface area contributed by atoms with Gasteiger partial charge in [-0.3, -0.25) is 4.90 Å². The van der Waals surface area contributed by atoms with Crippen molar-refractivity contribution in [3.63, 3.8) is 0 Å². The van der Waals surface area contributed by atoms with Gasteiger partial charge in [0.1, 0.15) is 0 Å². The fraction of sp³-hybridized carbons (Fsp3) is 0.632. The van der Waals surface area contributed by atoms with Crippen molar-refractivity contribution in [2.75, 3.05) is 7.05 Å². The number of hydrogen-bond donors (Lipinski definition) is 1. The molecule has 1 saturated carbocycles. The van der Waals surface area contributed by atoms with Gasteiger partial charge in [-0.15, -0.1) is 0 Å². The van der Waals surface area contributed by atoms with Crippen LogP contribution in [0.4, 0.5) is 4.79 Å². The molecule has 0 aliphatic heterocycles. The first kappa shape index (κ1) is 17.8.